The van der Waals surface area contributed by atoms with E-state index in [2.05, 4.69) is 16.6 Å². The summed E-state index contributed by atoms with van der Waals surface area (Å²) in [4.78, 5) is 11.5. The molecule has 3 nitrogen and oxygen atoms in total. The fourth-order valence-corrected chi connectivity index (χ4v) is 1.13. The lowest BCUT2D eigenvalue weighted by Crippen LogP contribution is -2.44. The molecule has 0 radical (unpaired) electrons. The van der Waals surface area contributed by atoms with Crippen LogP contribution in [0.5, 0.6) is 0 Å². The minimum atomic E-state index is -0.553. The van der Waals surface area contributed by atoms with Gasteiger partial charge in [-0.1, -0.05) is 12.8 Å². The molecule has 0 aliphatic heterocycles. The van der Waals surface area contributed by atoms with E-state index in [0.29, 0.717) is 6.42 Å². The van der Waals surface area contributed by atoms with Crippen LogP contribution in [-0.2, 0) is 4.79 Å². The molecule has 1 atom stereocenters. The molecule has 0 rings (SSSR count). The van der Waals surface area contributed by atoms with Crippen LogP contribution < -0.4 is 10.6 Å². The number of hydrogen-bond donors (Lipinski definition) is 2. The Labute approximate surface area is 86.6 Å². The Balaban J connectivity index is 3.94. The molecule has 1 unspecified atom stereocenters. The first-order valence-corrected chi connectivity index (χ1v) is 4.93. The zero-order chi connectivity index (χ0) is 11.2. The quantitative estimate of drug-likeness (QED) is 0.642. The van der Waals surface area contributed by atoms with Crippen molar-refractivity contribution in [2.75, 3.05) is 6.54 Å². The van der Waals surface area contributed by atoms with Crippen molar-refractivity contribution in [3.63, 3.8) is 0 Å². The summed E-state index contributed by atoms with van der Waals surface area (Å²) in [5.41, 5.74) is -0.553. The van der Waals surface area contributed by atoms with Crippen molar-refractivity contribution in [2.24, 2.45) is 0 Å². The molecule has 0 aliphatic carbocycles. The molecule has 0 aliphatic rings. The van der Waals surface area contributed by atoms with Gasteiger partial charge in [-0.05, 0) is 27.3 Å². The normalized spacial score (nSPS) is 13.1. The molecule has 0 fully saturated rings. The predicted octanol–water partition coefficient (Wildman–Crippen LogP) is 0.902. The Hall–Kier alpha value is -1.01. The number of amides is 1. The summed E-state index contributed by atoms with van der Waals surface area (Å²) in [5.74, 6) is 2.51. The molecule has 3 heteroatoms. The van der Waals surface area contributed by atoms with E-state index in [1.54, 1.807) is 0 Å². The van der Waals surface area contributed by atoms with E-state index in [0.717, 1.165) is 6.54 Å². The Kier molecular flexibility index (Phi) is 5.26. The second-order valence-corrected chi connectivity index (χ2v) is 3.98. The van der Waals surface area contributed by atoms with Gasteiger partial charge in [0.25, 0.3) is 0 Å². The molecule has 1 amide bonds. The van der Waals surface area contributed by atoms with Crippen LogP contribution in [0, 0.1) is 12.3 Å². The van der Waals surface area contributed by atoms with E-state index < -0.39 is 5.54 Å². The lowest BCUT2D eigenvalue weighted by Gasteiger charge is -2.21. The number of nitrogens with one attached hydrogen (secondary N) is 2. The summed E-state index contributed by atoms with van der Waals surface area (Å²) < 4.78 is 0. The zero-order valence-corrected chi connectivity index (χ0v) is 9.48. The number of carbonyl (C=O) groups is 1. The molecule has 0 heterocycles. The Morgan fingerprint density at radius 1 is 1.57 bits per heavy atom. The summed E-state index contributed by atoms with van der Waals surface area (Å²) in [6, 6.07) is 0.188. The van der Waals surface area contributed by atoms with E-state index in [1.165, 1.54) is 0 Å². The summed E-state index contributed by atoms with van der Waals surface area (Å²) in [6.07, 6.45) is 5.72. The third-order valence-electron chi connectivity index (χ3n) is 1.86. The van der Waals surface area contributed by atoms with Gasteiger partial charge in [0.2, 0.25) is 5.91 Å². The van der Waals surface area contributed by atoms with Gasteiger partial charge in [-0.3, -0.25) is 4.79 Å². The summed E-state index contributed by atoms with van der Waals surface area (Å²) in [6.45, 7) is 8.48. The molecule has 0 bridgehead atoms. The van der Waals surface area contributed by atoms with Crippen LogP contribution in [0.1, 0.15) is 34.1 Å². The van der Waals surface area contributed by atoms with E-state index in [9.17, 15) is 4.79 Å². The van der Waals surface area contributed by atoms with Crippen LogP contribution in [-0.4, -0.2) is 24.0 Å². The standard InChI is InChI=1S/C11H20N2O/c1-6-11(4,5)13-10(14)8-9(3)12-7-2/h1,9,12H,7-8H2,2-5H3,(H,13,14). The third kappa shape index (κ3) is 5.60. The maximum absolute atomic E-state index is 11.5. The van der Waals surface area contributed by atoms with Crippen LogP contribution in [0.3, 0.4) is 0 Å². The number of hydrogen-bond acceptors (Lipinski definition) is 2. The molecule has 0 spiro atoms. The summed E-state index contributed by atoms with van der Waals surface area (Å²) >= 11 is 0. The first kappa shape index (κ1) is 13.0. The van der Waals surface area contributed by atoms with Gasteiger partial charge in [0.15, 0.2) is 0 Å². The Morgan fingerprint density at radius 2 is 2.14 bits per heavy atom. The molecular formula is C11H20N2O. The average molecular weight is 196 g/mol. The van der Waals surface area contributed by atoms with E-state index >= 15 is 0 Å². The number of rotatable bonds is 5. The van der Waals surface area contributed by atoms with Crippen molar-refractivity contribution >= 4 is 5.91 Å². The number of terminal acetylenes is 1. The van der Waals surface area contributed by atoms with Crippen LogP contribution in [0.15, 0.2) is 0 Å². The van der Waals surface area contributed by atoms with Gasteiger partial charge in [0.1, 0.15) is 0 Å². The minimum Gasteiger partial charge on any atom is -0.340 e. The van der Waals surface area contributed by atoms with Crippen LogP contribution in [0.4, 0.5) is 0 Å². The molecule has 14 heavy (non-hydrogen) atoms. The average Bonchev–Trinajstić information content (AvgIpc) is 2.03. The highest BCUT2D eigenvalue weighted by molar-refractivity contribution is 5.77. The molecule has 80 valence electrons. The van der Waals surface area contributed by atoms with Crippen LogP contribution in [0.2, 0.25) is 0 Å². The lowest BCUT2D eigenvalue weighted by atomic mass is 10.1. The highest BCUT2D eigenvalue weighted by Gasteiger charge is 2.17. The van der Waals surface area contributed by atoms with Gasteiger partial charge < -0.3 is 10.6 Å². The van der Waals surface area contributed by atoms with Crippen LogP contribution in [0.25, 0.3) is 0 Å². The van der Waals surface area contributed by atoms with E-state index in [1.807, 2.05) is 27.7 Å². The Bertz CT molecular complexity index is 228. The van der Waals surface area contributed by atoms with Crippen molar-refractivity contribution in [1.29, 1.82) is 0 Å². The first-order valence-electron chi connectivity index (χ1n) is 4.93. The van der Waals surface area contributed by atoms with Gasteiger partial charge in [-0.25, -0.2) is 0 Å². The Morgan fingerprint density at radius 3 is 2.57 bits per heavy atom. The molecule has 0 saturated carbocycles. The molecule has 2 N–H and O–H groups in total. The molecule has 0 aromatic rings. The molecule has 0 aromatic heterocycles. The third-order valence-corrected chi connectivity index (χ3v) is 1.86. The molecule has 0 aromatic carbocycles. The fourth-order valence-electron chi connectivity index (χ4n) is 1.13. The van der Waals surface area contributed by atoms with Gasteiger partial charge in [-0.15, -0.1) is 6.42 Å². The second-order valence-electron chi connectivity index (χ2n) is 3.98. The second kappa shape index (κ2) is 5.66. The topological polar surface area (TPSA) is 41.1 Å². The molecular weight excluding hydrogens is 176 g/mol. The summed E-state index contributed by atoms with van der Waals surface area (Å²) in [5, 5.41) is 5.95. The largest absolute Gasteiger partial charge is 0.340 e. The van der Waals surface area contributed by atoms with Crippen molar-refractivity contribution in [3.8, 4) is 12.3 Å². The van der Waals surface area contributed by atoms with Gasteiger partial charge >= 0.3 is 0 Å². The maximum Gasteiger partial charge on any atom is 0.222 e. The van der Waals surface area contributed by atoms with Gasteiger partial charge in [-0.2, -0.15) is 0 Å². The summed E-state index contributed by atoms with van der Waals surface area (Å²) in [7, 11) is 0. The predicted molar refractivity (Wildman–Crippen MR) is 58.8 cm³/mol. The zero-order valence-electron chi connectivity index (χ0n) is 9.48. The van der Waals surface area contributed by atoms with Crippen molar-refractivity contribution in [1.82, 2.24) is 10.6 Å². The fraction of sp³-hybridized carbons (Fsp3) is 0.727. The van der Waals surface area contributed by atoms with Crippen LogP contribution >= 0.6 is 0 Å². The van der Waals surface area contributed by atoms with Crippen molar-refractivity contribution in [3.05, 3.63) is 0 Å². The molecule has 0 saturated heterocycles. The van der Waals surface area contributed by atoms with E-state index in [-0.39, 0.29) is 11.9 Å². The van der Waals surface area contributed by atoms with Crippen molar-refractivity contribution in [2.45, 2.75) is 45.7 Å². The maximum atomic E-state index is 11.5. The SMILES string of the molecule is C#CC(C)(C)NC(=O)CC(C)NCC. The highest BCUT2D eigenvalue weighted by Crippen LogP contribution is 2.00. The minimum absolute atomic E-state index is 0.0126. The van der Waals surface area contributed by atoms with Gasteiger partial charge in [0, 0.05) is 12.5 Å². The van der Waals surface area contributed by atoms with Crippen molar-refractivity contribution < 1.29 is 4.79 Å². The number of carbonyl (C=O) groups excluding carboxylic acids is 1. The highest BCUT2D eigenvalue weighted by atomic mass is 16.1. The first-order chi connectivity index (χ1) is 6.41. The van der Waals surface area contributed by atoms with Gasteiger partial charge in [0.05, 0.1) is 5.54 Å². The lowest BCUT2D eigenvalue weighted by molar-refractivity contribution is -0.122. The monoisotopic (exact) mass is 196 g/mol. The smallest absolute Gasteiger partial charge is 0.222 e. The van der Waals surface area contributed by atoms with E-state index in [4.69, 9.17) is 6.42 Å².